The summed E-state index contributed by atoms with van der Waals surface area (Å²) in [6.45, 7) is 10.2. The van der Waals surface area contributed by atoms with Crippen LogP contribution in [-0.2, 0) is 11.2 Å². The van der Waals surface area contributed by atoms with E-state index in [9.17, 15) is 4.79 Å². The zero-order chi connectivity index (χ0) is 16.1. The first-order valence-corrected chi connectivity index (χ1v) is 7.89. The number of halogens is 1. The van der Waals surface area contributed by atoms with Crippen molar-refractivity contribution >= 4 is 17.5 Å². The topological polar surface area (TPSA) is 38.8 Å². The highest BCUT2D eigenvalue weighted by molar-refractivity contribution is 6.32. The van der Waals surface area contributed by atoms with E-state index >= 15 is 0 Å². The van der Waals surface area contributed by atoms with Crippen LogP contribution in [0.5, 0.6) is 11.5 Å². The van der Waals surface area contributed by atoms with Crippen molar-refractivity contribution in [2.45, 2.75) is 26.7 Å². The summed E-state index contributed by atoms with van der Waals surface area (Å²) in [5.74, 6) is 1.25. The number of nitrogens with zero attached hydrogens (tertiary/aromatic N) is 1. The summed E-state index contributed by atoms with van der Waals surface area (Å²) < 4.78 is 11.3. The highest BCUT2D eigenvalue weighted by Crippen LogP contribution is 2.38. The summed E-state index contributed by atoms with van der Waals surface area (Å²) in [4.78, 5) is 14.2. The van der Waals surface area contributed by atoms with Crippen molar-refractivity contribution in [3.8, 4) is 11.5 Å². The zero-order valence-corrected chi connectivity index (χ0v) is 13.9. The van der Waals surface area contributed by atoms with Gasteiger partial charge in [0.1, 0.15) is 0 Å². The lowest BCUT2D eigenvalue weighted by molar-refractivity contribution is -0.129. The lowest BCUT2D eigenvalue weighted by Gasteiger charge is -2.21. The summed E-state index contributed by atoms with van der Waals surface area (Å²) in [6.07, 6.45) is 1.11. The Morgan fingerprint density at radius 2 is 2.09 bits per heavy atom. The minimum absolute atomic E-state index is 0.0519. The number of rotatable bonds is 5. The summed E-state index contributed by atoms with van der Waals surface area (Å²) in [6, 6.07) is 3.63. The number of benzene rings is 1. The first-order chi connectivity index (χ1) is 10.5. The molecule has 1 amide bonds. The molecule has 0 saturated heterocycles. The van der Waals surface area contributed by atoms with Gasteiger partial charge < -0.3 is 14.4 Å². The van der Waals surface area contributed by atoms with E-state index in [0.29, 0.717) is 42.8 Å². The van der Waals surface area contributed by atoms with E-state index in [4.69, 9.17) is 21.1 Å². The van der Waals surface area contributed by atoms with Crippen molar-refractivity contribution in [3.05, 3.63) is 34.9 Å². The molecule has 0 radical (unpaired) electrons. The minimum atomic E-state index is 0.0519. The number of ether oxygens (including phenoxy) is 2. The molecule has 0 bridgehead atoms. The lowest BCUT2D eigenvalue weighted by atomic mass is 10.1. The molecule has 1 aliphatic rings. The van der Waals surface area contributed by atoms with Crippen LogP contribution in [-0.4, -0.2) is 37.1 Å². The molecule has 0 saturated carbocycles. The van der Waals surface area contributed by atoms with Crippen LogP contribution in [0, 0.1) is 0 Å². The van der Waals surface area contributed by atoms with Crippen LogP contribution in [0.2, 0.25) is 5.02 Å². The van der Waals surface area contributed by atoms with E-state index in [1.807, 2.05) is 19.9 Å². The summed E-state index contributed by atoms with van der Waals surface area (Å²) in [5.41, 5.74) is 1.80. The molecule has 1 aromatic rings. The Balaban J connectivity index is 2.16. The quantitative estimate of drug-likeness (QED) is 0.779. The highest BCUT2D eigenvalue weighted by Gasteiger charge is 2.18. The third-order valence-corrected chi connectivity index (χ3v) is 3.69. The Hall–Kier alpha value is -1.68. The van der Waals surface area contributed by atoms with Gasteiger partial charge in [-0.25, -0.2) is 0 Å². The maximum Gasteiger partial charge on any atom is 0.227 e. The van der Waals surface area contributed by atoms with Gasteiger partial charge in [0.2, 0.25) is 5.91 Å². The number of hydrogen-bond acceptors (Lipinski definition) is 3. The summed E-state index contributed by atoms with van der Waals surface area (Å²) >= 11 is 6.26. The monoisotopic (exact) mass is 323 g/mol. The van der Waals surface area contributed by atoms with Gasteiger partial charge in [0, 0.05) is 19.5 Å². The van der Waals surface area contributed by atoms with Gasteiger partial charge in [-0.3, -0.25) is 4.79 Å². The number of carbonyl (C=O) groups excluding carboxylic acids is 1. The Bertz CT molecular complexity index is 571. The molecule has 0 atom stereocenters. The fraction of sp³-hybridized carbons (Fsp3) is 0.471. The second-order valence-electron chi connectivity index (χ2n) is 5.50. The molecular weight excluding hydrogens is 302 g/mol. The van der Waals surface area contributed by atoms with Crippen molar-refractivity contribution in [2.75, 3.05) is 26.3 Å². The largest absolute Gasteiger partial charge is 0.489 e. The molecule has 0 unspecified atom stereocenters. The van der Waals surface area contributed by atoms with E-state index in [1.54, 1.807) is 11.0 Å². The second-order valence-corrected chi connectivity index (χ2v) is 5.90. The minimum Gasteiger partial charge on any atom is -0.489 e. The molecule has 22 heavy (non-hydrogen) atoms. The van der Waals surface area contributed by atoms with Crippen molar-refractivity contribution in [1.82, 2.24) is 4.90 Å². The molecule has 0 aromatic heterocycles. The van der Waals surface area contributed by atoms with E-state index in [0.717, 1.165) is 17.6 Å². The van der Waals surface area contributed by atoms with Gasteiger partial charge in [0.15, 0.2) is 11.5 Å². The number of likely N-dealkylation sites (N-methyl/N-ethyl adjacent to an activating group) is 1. The second kappa shape index (κ2) is 7.54. The molecule has 0 N–H and O–H groups in total. The maximum atomic E-state index is 12.4. The van der Waals surface area contributed by atoms with Crippen molar-refractivity contribution < 1.29 is 14.3 Å². The molecule has 120 valence electrons. The molecular formula is C17H22ClNO3. The van der Waals surface area contributed by atoms with Crippen LogP contribution in [0.4, 0.5) is 0 Å². The molecule has 5 heteroatoms. The average Bonchev–Trinajstić information content (AvgIpc) is 2.70. The molecule has 1 heterocycles. The number of amides is 1. The first-order valence-electron chi connectivity index (χ1n) is 7.51. The molecule has 0 fully saturated rings. The third-order valence-electron chi connectivity index (χ3n) is 3.41. The van der Waals surface area contributed by atoms with E-state index in [1.165, 1.54) is 0 Å². The Morgan fingerprint density at radius 3 is 2.77 bits per heavy atom. The molecule has 1 aromatic carbocycles. The van der Waals surface area contributed by atoms with E-state index < -0.39 is 0 Å². The van der Waals surface area contributed by atoms with Crippen LogP contribution in [0.15, 0.2) is 24.3 Å². The lowest BCUT2D eigenvalue weighted by Crippen LogP contribution is -2.33. The number of hydrogen-bond donors (Lipinski definition) is 0. The number of carbonyl (C=O) groups is 1. The highest BCUT2D eigenvalue weighted by atomic mass is 35.5. The van der Waals surface area contributed by atoms with E-state index in [-0.39, 0.29) is 12.3 Å². The van der Waals surface area contributed by atoms with Crippen LogP contribution >= 0.6 is 11.6 Å². The summed E-state index contributed by atoms with van der Waals surface area (Å²) in [5, 5.41) is 0.491. The van der Waals surface area contributed by atoms with Crippen LogP contribution in [0.1, 0.15) is 25.8 Å². The van der Waals surface area contributed by atoms with E-state index in [2.05, 4.69) is 6.58 Å². The Morgan fingerprint density at radius 1 is 1.36 bits per heavy atom. The van der Waals surface area contributed by atoms with Crippen LogP contribution < -0.4 is 9.47 Å². The zero-order valence-electron chi connectivity index (χ0n) is 13.2. The molecule has 0 spiro atoms. The van der Waals surface area contributed by atoms with Gasteiger partial charge in [-0.05, 0) is 31.5 Å². The first kappa shape index (κ1) is 16.7. The maximum absolute atomic E-state index is 12.4. The molecule has 1 aliphatic heterocycles. The standard InChI is InChI=1S/C17H22ClNO3/c1-4-19(11-12(2)3)16(20)10-13-8-14(18)17-15(9-13)21-6-5-7-22-17/h8-9H,2,4-7,10-11H2,1,3H3. The molecule has 0 aliphatic carbocycles. The predicted molar refractivity (Wildman–Crippen MR) is 87.8 cm³/mol. The molecule has 2 rings (SSSR count). The smallest absolute Gasteiger partial charge is 0.227 e. The van der Waals surface area contributed by atoms with Crippen LogP contribution in [0.25, 0.3) is 0 Å². The van der Waals surface area contributed by atoms with Gasteiger partial charge >= 0.3 is 0 Å². The number of fused-ring (bicyclic) bond motifs is 1. The van der Waals surface area contributed by atoms with Gasteiger partial charge in [-0.15, -0.1) is 0 Å². The summed E-state index contributed by atoms with van der Waals surface area (Å²) in [7, 11) is 0. The van der Waals surface area contributed by atoms with Crippen molar-refractivity contribution in [3.63, 3.8) is 0 Å². The normalized spacial score (nSPS) is 13.4. The van der Waals surface area contributed by atoms with Gasteiger partial charge in [0.05, 0.1) is 24.7 Å². The van der Waals surface area contributed by atoms with Gasteiger partial charge in [-0.2, -0.15) is 0 Å². The van der Waals surface area contributed by atoms with Crippen molar-refractivity contribution in [1.29, 1.82) is 0 Å². The average molecular weight is 324 g/mol. The third kappa shape index (κ3) is 4.17. The predicted octanol–water partition coefficient (Wildman–Crippen LogP) is 3.47. The SMILES string of the molecule is C=C(C)CN(CC)C(=O)Cc1cc(Cl)c2c(c1)OCCCO2. The van der Waals surface area contributed by atoms with Gasteiger partial charge in [0.25, 0.3) is 0 Å². The van der Waals surface area contributed by atoms with Gasteiger partial charge in [-0.1, -0.05) is 23.8 Å². The fourth-order valence-electron chi connectivity index (χ4n) is 2.37. The Kier molecular flexibility index (Phi) is 5.72. The van der Waals surface area contributed by atoms with Crippen molar-refractivity contribution in [2.24, 2.45) is 0 Å². The molecule has 4 nitrogen and oxygen atoms in total. The fourth-order valence-corrected chi connectivity index (χ4v) is 2.66. The van der Waals surface area contributed by atoms with Crippen LogP contribution in [0.3, 0.4) is 0 Å². The Labute approximate surface area is 136 Å².